The average molecular weight is 320 g/mol. The SMILES string of the molecule is O=C(Nc1ccc2c(c1)B(O)OCC2)c1ccc(F)cc1Cl. The largest absolute Gasteiger partial charge is 0.491 e. The lowest BCUT2D eigenvalue weighted by molar-refractivity contribution is 0.102. The Hall–Kier alpha value is -1.89. The predicted molar refractivity (Wildman–Crippen MR) is 83.1 cm³/mol. The Kier molecular flexibility index (Phi) is 4.15. The van der Waals surface area contributed by atoms with Gasteiger partial charge in [-0.3, -0.25) is 4.79 Å². The molecule has 1 heterocycles. The van der Waals surface area contributed by atoms with Crippen molar-refractivity contribution in [3.8, 4) is 0 Å². The molecule has 22 heavy (non-hydrogen) atoms. The first kappa shape index (κ1) is 15.0. The molecule has 1 amide bonds. The van der Waals surface area contributed by atoms with Crippen LogP contribution >= 0.6 is 11.6 Å². The van der Waals surface area contributed by atoms with Crippen molar-refractivity contribution >= 4 is 35.8 Å². The number of hydrogen-bond acceptors (Lipinski definition) is 3. The number of hydrogen-bond donors (Lipinski definition) is 2. The number of amides is 1. The molecule has 3 rings (SSSR count). The van der Waals surface area contributed by atoms with Crippen LogP contribution in [0.3, 0.4) is 0 Å². The summed E-state index contributed by atoms with van der Waals surface area (Å²) in [5.41, 5.74) is 2.30. The lowest BCUT2D eigenvalue weighted by atomic mass is 9.73. The number of carbonyl (C=O) groups is 1. The predicted octanol–water partition coefficient (Wildman–Crippen LogP) is 1.99. The summed E-state index contributed by atoms with van der Waals surface area (Å²) in [6, 6.07) is 8.82. The van der Waals surface area contributed by atoms with Crippen molar-refractivity contribution < 1.29 is 18.9 Å². The van der Waals surface area contributed by atoms with Gasteiger partial charge in [0.2, 0.25) is 0 Å². The lowest BCUT2D eigenvalue weighted by Crippen LogP contribution is -2.41. The zero-order valence-corrected chi connectivity index (χ0v) is 12.2. The van der Waals surface area contributed by atoms with Crippen LogP contribution in [0.1, 0.15) is 15.9 Å². The third-order valence-corrected chi connectivity index (χ3v) is 3.81. The molecule has 0 aromatic heterocycles. The van der Waals surface area contributed by atoms with Gasteiger partial charge in [0.25, 0.3) is 5.91 Å². The molecule has 0 fully saturated rings. The van der Waals surface area contributed by atoms with Gasteiger partial charge in [0.1, 0.15) is 5.82 Å². The second kappa shape index (κ2) is 6.08. The van der Waals surface area contributed by atoms with Gasteiger partial charge in [-0.1, -0.05) is 17.7 Å². The van der Waals surface area contributed by atoms with Crippen molar-refractivity contribution in [2.75, 3.05) is 11.9 Å². The van der Waals surface area contributed by atoms with E-state index in [2.05, 4.69) is 5.32 Å². The molecule has 1 aliphatic rings. The van der Waals surface area contributed by atoms with Gasteiger partial charge in [0.15, 0.2) is 0 Å². The highest BCUT2D eigenvalue weighted by Crippen LogP contribution is 2.19. The van der Waals surface area contributed by atoms with Crippen molar-refractivity contribution in [1.82, 2.24) is 0 Å². The molecule has 0 saturated carbocycles. The van der Waals surface area contributed by atoms with Gasteiger partial charge < -0.3 is 15.0 Å². The number of anilines is 1. The van der Waals surface area contributed by atoms with Crippen LogP contribution < -0.4 is 10.8 Å². The van der Waals surface area contributed by atoms with Crippen LogP contribution in [0.2, 0.25) is 5.02 Å². The highest BCUT2D eigenvalue weighted by atomic mass is 35.5. The van der Waals surface area contributed by atoms with Crippen LogP contribution in [0.25, 0.3) is 0 Å². The van der Waals surface area contributed by atoms with Gasteiger partial charge in [0.05, 0.1) is 10.6 Å². The molecule has 2 aromatic rings. The summed E-state index contributed by atoms with van der Waals surface area (Å²) in [6.07, 6.45) is 0.713. The molecule has 7 heteroatoms. The third-order valence-electron chi connectivity index (χ3n) is 3.49. The fraction of sp³-hybridized carbons (Fsp3) is 0.133. The van der Waals surface area contributed by atoms with Crippen molar-refractivity contribution in [1.29, 1.82) is 0 Å². The summed E-state index contributed by atoms with van der Waals surface area (Å²) in [5, 5.41) is 12.5. The van der Waals surface area contributed by atoms with E-state index in [1.807, 2.05) is 6.07 Å². The molecule has 0 radical (unpaired) electrons. The maximum Gasteiger partial charge on any atom is 0.491 e. The molecule has 112 valence electrons. The second-order valence-corrected chi connectivity index (χ2v) is 5.37. The summed E-state index contributed by atoms with van der Waals surface area (Å²) in [7, 11) is -0.991. The van der Waals surface area contributed by atoms with E-state index in [9.17, 15) is 14.2 Å². The Bertz CT molecular complexity index is 741. The Labute approximate surface area is 132 Å². The molecule has 1 aliphatic heterocycles. The highest BCUT2D eigenvalue weighted by molar-refractivity contribution is 6.61. The summed E-state index contributed by atoms with van der Waals surface area (Å²) in [5.74, 6) is -0.952. The minimum Gasteiger partial charge on any atom is -0.423 e. The van der Waals surface area contributed by atoms with E-state index in [4.69, 9.17) is 16.3 Å². The van der Waals surface area contributed by atoms with E-state index < -0.39 is 18.8 Å². The minimum atomic E-state index is -0.991. The summed E-state index contributed by atoms with van der Waals surface area (Å²) in [4.78, 5) is 12.2. The monoisotopic (exact) mass is 319 g/mol. The lowest BCUT2D eigenvalue weighted by Gasteiger charge is -2.19. The topological polar surface area (TPSA) is 58.6 Å². The second-order valence-electron chi connectivity index (χ2n) is 4.97. The fourth-order valence-electron chi connectivity index (χ4n) is 2.37. The van der Waals surface area contributed by atoms with E-state index in [1.165, 1.54) is 12.1 Å². The van der Waals surface area contributed by atoms with E-state index in [0.29, 0.717) is 24.2 Å². The number of halogens is 2. The van der Waals surface area contributed by atoms with Crippen molar-refractivity contribution in [2.45, 2.75) is 6.42 Å². The van der Waals surface area contributed by atoms with Crippen LogP contribution in [0.4, 0.5) is 10.1 Å². The molecule has 0 unspecified atom stereocenters. The van der Waals surface area contributed by atoms with Gasteiger partial charge in [-0.2, -0.15) is 0 Å². The van der Waals surface area contributed by atoms with Crippen LogP contribution in [0.5, 0.6) is 0 Å². The molecule has 2 N–H and O–H groups in total. The number of nitrogens with one attached hydrogen (secondary N) is 1. The zero-order valence-electron chi connectivity index (χ0n) is 11.5. The maximum absolute atomic E-state index is 13.0. The molecular formula is C15H12BClFNO3. The van der Waals surface area contributed by atoms with Gasteiger partial charge in [-0.25, -0.2) is 4.39 Å². The fourth-order valence-corrected chi connectivity index (χ4v) is 2.63. The van der Waals surface area contributed by atoms with E-state index >= 15 is 0 Å². The van der Waals surface area contributed by atoms with Gasteiger partial charge >= 0.3 is 7.12 Å². The van der Waals surface area contributed by atoms with Crippen molar-refractivity contribution in [3.63, 3.8) is 0 Å². The molecule has 0 bridgehead atoms. The quantitative estimate of drug-likeness (QED) is 0.832. The first-order valence-corrected chi connectivity index (χ1v) is 7.11. The Morgan fingerprint density at radius 3 is 2.91 bits per heavy atom. The Morgan fingerprint density at radius 2 is 2.14 bits per heavy atom. The normalized spacial score (nSPS) is 13.7. The first-order valence-electron chi connectivity index (χ1n) is 6.73. The average Bonchev–Trinajstić information content (AvgIpc) is 2.48. The number of fused-ring (bicyclic) bond motifs is 1. The molecule has 0 saturated heterocycles. The van der Waals surface area contributed by atoms with Gasteiger partial charge in [-0.05, 0) is 47.8 Å². The number of rotatable bonds is 2. The van der Waals surface area contributed by atoms with Crippen molar-refractivity contribution in [3.05, 3.63) is 58.4 Å². The summed E-state index contributed by atoms with van der Waals surface area (Å²) < 4.78 is 18.2. The van der Waals surface area contributed by atoms with E-state index in [0.717, 1.165) is 11.6 Å². The Morgan fingerprint density at radius 1 is 1.32 bits per heavy atom. The summed E-state index contributed by atoms with van der Waals surface area (Å²) in [6.45, 7) is 0.463. The smallest absolute Gasteiger partial charge is 0.423 e. The number of carbonyl (C=O) groups excluding carboxylic acids is 1. The highest BCUT2D eigenvalue weighted by Gasteiger charge is 2.25. The van der Waals surface area contributed by atoms with E-state index in [-0.39, 0.29) is 10.6 Å². The molecular weight excluding hydrogens is 307 g/mol. The molecule has 0 spiro atoms. The zero-order chi connectivity index (χ0) is 15.7. The van der Waals surface area contributed by atoms with Crippen LogP contribution in [0, 0.1) is 5.82 Å². The minimum absolute atomic E-state index is 0.0406. The van der Waals surface area contributed by atoms with Gasteiger partial charge in [-0.15, -0.1) is 0 Å². The molecule has 4 nitrogen and oxygen atoms in total. The number of benzene rings is 2. The standard InChI is InChI=1S/C15H12BClFNO3/c17-14-7-10(18)2-4-12(14)15(20)19-11-3-1-9-5-6-22-16(21)13(9)8-11/h1-4,7-8,21H,5-6H2,(H,19,20). The first-order chi connectivity index (χ1) is 10.5. The van der Waals surface area contributed by atoms with Crippen molar-refractivity contribution in [2.24, 2.45) is 0 Å². The van der Waals surface area contributed by atoms with E-state index in [1.54, 1.807) is 12.1 Å². The van der Waals surface area contributed by atoms with Crippen LogP contribution in [-0.4, -0.2) is 24.7 Å². The molecule has 2 aromatic carbocycles. The van der Waals surface area contributed by atoms with Crippen LogP contribution in [-0.2, 0) is 11.1 Å². The van der Waals surface area contributed by atoms with Gasteiger partial charge in [0, 0.05) is 12.3 Å². The molecule has 0 aliphatic carbocycles. The molecule has 0 atom stereocenters. The van der Waals surface area contributed by atoms with Crippen LogP contribution in [0.15, 0.2) is 36.4 Å². The Balaban J connectivity index is 1.84. The third kappa shape index (κ3) is 2.99. The maximum atomic E-state index is 13.0. The summed E-state index contributed by atoms with van der Waals surface area (Å²) >= 11 is 5.87.